The first kappa shape index (κ1) is 12.0. The lowest BCUT2D eigenvalue weighted by Crippen LogP contribution is -2.01. The summed E-state index contributed by atoms with van der Waals surface area (Å²) in [5.74, 6) is -1.10. The van der Waals surface area contributed by atoms with Gasteiger partial charge in [-0.1, -0.05) is 18.2 Å². The second-order valence-electron chi connectivity index (χ2n) is 3.84. The van der Waals surface area contributed by atoms with Gasteiger partial charge in [0.1, 0.15) is 0 Å². The highest BCUT2D eigenvalue weighted by atomic mass is 16.4. The fourth-order valence-corrected chi connectivity index (χ4v) is 1.69. The maximum absolute atomic E-state index is 11.3. The van der Waals surface area contributed by atoms with Gasteiger partial charge in [0.15, 0.2) is 5.78 Å². The van der Waals surface area contributed by atoms with E-state index in [-0.39, 0.29) is 11.3 Å². The molecule has 0 saturated heterocycles. The van der Waals surface area contributed by atoms with Crippen LogP contribution in [0.25, 0.3) is 11.3 Å². The number of aromatic nitrogens is 1. The number of hydrogen-bond donors (Lipinski definition) is 1. The van der Waals surface area contributed by atoms with Gasteiger partial charge < -0.3 is 5.11 Å². The lowest BCUT2D eigenvalue weighted by Gasteiger charge is -2.05. The average Bonchev–Trinajstić information content (AvgIpc) is 2.39. The van der Waals surface area contributed by atoms with Crippen LogP contribution in [0.15, 0.2) is 42.6 Å². The number of nitrogens with zero attached hydrogens (tertiary/aromatic N) is 1. The molecule has 0 amide bonds. The van der Waals surface area contributed by atoms with Crippen LogP contribution < -0.4 is 0 Å². The third-order valence-electron chi connectivity index (χ3n) is 2.58. The molecule has 2 aromatic rings. The van der Waals surface area contributed by atoms with Crippen molar-refractivity contribution in [3.05, 3.63) is 53.7 Å². The Kier molecular flexibility index (Phi) is 3.19. The van der Waals surface area contributed by atoms with Crippen molar-refractivity contribution < 1.29 is 14.7 Å². The molecule has 0 unspecified atom stereocenters. The molecule has 0 saturated carbocycles. The number of carboxylic acids is 1. The Labute approximate surface area is 104 Å². The molecule has 0 atom stereocenters. The number of aromatic carboxylic acids is 1. The summed E-state index contributed by atoms with van der Waals surface area (Å²) in [5.41, 5.74) is 1.65. The van der Waals surface area contributed by atoms with Crippen LogP contribution in [0.1, 0.15) is 27.6 Å². The largest absolute Gasteiger partial charge is 0.478 e. The highest BCUT2D eigenvalue weighted by Gasteiger charge is 2.13. The van der Waals surface area contributed by atoms with Crippen LogP contribution in [-0.2, 0) is 0 Å². The molecule has 4 heteroatoms. The molecule has 0 radical (unpaired) electrons. The summed E-state index contributed by atoms with van der Waals surface area (Å²) in [4.78, 5) is 26.5. The molecule has 1 N–H and O–H groups in total. The van der Waals surface area contributed by atoms with E-state index < -0.39 is 5.97 Å². The lowest BCUT2D eigenvalue weighted by atomic mass is 10.0. The van der Waals surface area contributed by atoms with Crippen molar-refractivity contribution in [1.29, 1.82) is 0 Å². The Bertz CT molecular complexity index is 620. The Morgan fingerprint density at radius 1 is 1.17 bits per heavy atom. The first-order chi connectivity index (χ1) is 8.59. The Hall–Kier alpha value is -2.49. The number of benzene rings is 1. The van der Waals surface area contributed by atoms with Crippen molar-refractivity contribution in [3.8, 4) is 11.3 Å². The molecule has 0 aliphatic carbocycles. The van der Waals surface area contributed by atoms with Crippen LogP contribution >= 0.6 is 0 Å². The molecule has 0 aliphatic heterocycles. The van der Waals surface area contributed by atoms with Gasteiger partial charge in [-0.25, -0.2) is 4.79 Å². The zero-order valence-electron chi connectivity index (χ0n) is 9.75. The first-order valence-electron chi connectivity index (χ1n) is 5.39. The highest BCUT2D eigenvalue weighted by molar-refractivity contribution is 5.97. The van der Waals surface area contributed by atoms with E-state index in [4.69, 9.17) is 5.11 Å². The maximum atomic E-state index is 11.3. The van der Waals surface area contributed by atoms with Gasteiger partial charge in [0.25, 0.3) is 0 Å². The summed E-state index contributed by atoms with van der Waals surface area (Å²) in [6.07, 6.45) is 1.53. The van der Waals surface area contributed by atoms with Crippen LogP contribution in [0, 0.1) is 0 Å². The second kappa shape index (κ2) is 4.79. The summed E-state index contributed by atoms with van der Waals surface area (Å²) < 4.78 is 0. The van der Waals surface area contributed by atoms with Gasteiger partial charge in [-0.2, -0.15) is 0 Å². The third kappa shape index (κ3) is 2.27. The maximum Gasteiger partial charge on any atom is 0.337 e. The van der Waals surface area contributed by atoms with E-state index in [1.54, 1.807) is 30.3 Å². The number of rotatable bonds is 3. The molecule has 1 aromatic heterocycles. The van der Waals surface area contributed by atoms with Gasteiger partial charge in [0.2, 0.25) is 0 Å². The zero-order chi connectivity index (χ0) is 13.1. The van der Waals surface area contributed by atoms with Crippen molar-refractivity contribution in [3.63, 3.8) is 0 Å². The van der Waals surface area contributed by atoms with Crippen molar-refractivity contribution in [1.82, 2.24) is 4.98 Å². The van der Waals surface area contributed by atoms with E-state index in [0.29, 0.717) is 16.8 Å². The molecule has 18 heavy (non-hydrogen) atoms. The Morgan fingerprint density at radius 3 is 2.61 bits per heavy atom. The molecular weight excluding hydrogens is 230 g/mol. The quantitative estimate of drug-likeness (QED) is 0.839. The summed E-state index contributed by atoms with van der Waals surface area (Å²) in [6.45, 7) is 1.47. The van der Waals surface area contributed by atoms with Crippen molar-refractivity contribution in [2.75, 3.05) is 0 Å². The minimum Gasteiger partial charge on any atom is -0.478 e. The average molecular weight is 241 g/mol. The van der Waals surface area contributed by atoms with Crippen molar-refractivity contribution in [2.45, 2.75) is 6.92 Å². The number of carbonyl (C=O) groups is 2. The molecular formula is C14H11NO3. The zero-order valence-corrected chi connectivity index (χ0v) is 9.75. The van der Waals surface area contributed by atoms with E-state index in [0.717, 1.165) is 0 Å². The van der Waals surface area contributed by atoms with Gasteiger partial charge >= 0.3 is 5.97 Å². The minimum absolute atomic E-state index is 0.0651. The van der Waals surface area contributed by atoms with Gasteiger partial charge in [0.05, 0.1) is 11.3 Å². The monoisotopic (exact) mass is 241 g/mol. The molecule has 0 aliphatic rings. The topological polar surface area (TPSA) is 67.3 Å². The number of pyridine rings is 1. The van der Waals surface area contributed by atoms with E-state index in [9.17, 15) is 9.59 Å². The third-order valence-corrected chi connectivity index (χ3v) is 2.58. The summed E-state index contributed by atoms with van der Waals surface area (Å²) >= 11 is 0. The normalized spacial score (nSPS) is 10.1. The molecule has 0 bridgehead atoms. The standard InChI is InChI=1S/C14H11NO3/c1-9(16)10-4-2-5-11(8-10)13-12(14(17)18)6-3-7-15-13/h2-8H,1H3,(H,17,18). The number of Topliss-reactive ketones (excluding diaryl/α,β-unsaturated/α-hetero) is 1. The summed E-state index contributed by atoms with van der Waals surface area (Å²) in [5, 5.41) is 9.10. The van der Waals surface area contributed by atoms with Crippen molar-refractivity contribution >= 4 is 11.8 Å². The van der Waals surface area contributed by atoms with Crippen LogP contribution in [0.2, 0.25) is 0 Å². The predicted molar refractivity (Wildman–Crippen MR) is 66.6 cm³/mol. The van der Waals surface area contributed by atoms with Crippen LogP contribution in [0.3, 0.4) is 0 Å². The second-order valence-corrected chi connectivity index (χ2v) is 3.84. The van der Waals surface area contributed by atoms with Crippen LogP contribution in [0.4, 0.5) is 0 Å². The summed E-state index contributed by atoms with van der Waals surface area (Å²) in [7, 11) is 0. The molecule has 1 heterocycles. The van der Waals surface area contributed by atoms with Gasteiger partial charge in [-0.3, -0.25) is 9.78 Å². The van der Waals surface area contributed by atoms with E-state index in [2.05, 4.69) is 4.98 Å². The number of ketones is 1. The Balaban J connectivity index is 2.58. The van der Waals surface area contributed by atoms with Gasteiger partial charge in [0, 0.05) is 17.3 Å². The molecule has 0 fully saturated rings. The lowest BCUT2D eigenvalue weighted by molar-refractivity contribution is 0.0697. The Morgan fingerprint density at radius 2 is 1.94 bits per heavy atom. The van der Waals surface area contributed by atoms with Gasteiger partial charge in [-0.05, 0) is 25.1 Å². The fourth-order valence-electron chi connectivity index (χ4n) is 1.69. The smallest absolute Gasteiger partial charge is 0.337 e. The molecule has 1 aromatic carbocycles. The molecule has 90 valence electrons. The highest BCUT2D eigenvalue weighted by Crippen LogP contribution is 2.22. The fraction of sp³-hybridized carbons (Fsp3) is 0.0714. The number of carboxylic acid groups (broad SMARTS) is 1. The number of hydrogen-bond acceptors (Lipinski definition) is 3. The van der Waals surface area contributed by atoms with Crippen molar-refractivity contribution in [2.24, 2.45) is 0 Å². The molecule has 2 rings (SSSR count). The van der Waals surface area contributed by atoms with E-state index >= 15 is 0 Å². The first-order valence-corrected chi connectivity index (χ1v) is 5.39. The molecule has 0 spiro atoms. The predicted octanol–water partition coefficient (Wildman–Crippen LogP) is 2.65. The number of carbonyl (C=O) groups excluding carboxylic acids is 1. The minimum atomic E-state index is -1.04. The van der Waals surface area contributed by atoms with Crippen LogP contribution in [-0.4, -0.2) is 21.8 Å². The van der Waals surface area contributed by atoms with E-state index in [1.165, 1.54) is 19.2 Å². The molecule has 4 nitrogen and oxygen atoms in total. The van der Waals surface area contributed by atoms with E-state index in [1.807, 2.05) is 0 Å². The van der Waals surface area contributed by atoms with Gasteiger partial charge in [-0.15, -0.1) is 0 Å². The SMILES string of the molecule is CC(=O)c1cccc(-c2ncccc2C(=O)O)c1. The summed E-state index contributed by atoms with van der Waals surface area (Å²) in [6, 6.07) is 9.85. The van der Waals surface area contributed by atoms with Crippen LogP contribution in [0.5, 0.6) is 0 Å².